The van der Waals surface area contributed by atoms with E-state index in [0.29, 0.717) is 11.8 Å². The van der Waals surface area contributed by atoms with E-state index in [1.165, 1.54) is 12.8 Å². The molecule has 0 bridgehead atoms. The van der Waals surface area contributed by atoms with Gasteiger partial charge in [-0.1, -0.05) is 33.6 Å². The summed E-state index contributed by atoms with van der Waals surface area (Å²) in [6.07, 6.45) is 8.41. The van der Waals surface area contributed by atoms with E-state index in [4.69, 9.17) is 0 Å². The van der Waals surface area contributed by atoms with Crippen LogP contribution in [0.2, 0.25) is 0 Å². The van der Waals surface area contributed by atoms with Gasteiger partial charge < -0.3 is 10.0 Å². The van der Waals surface area contributed by atoms with Crippen molar-refractivity contribution in [2.24, 2.45) is 11.3 Å². The minimum atomic E-state index is -0.269. The molecule has 20 heavy (non-hydrogen) atoms. The van der Waals surface area contributed by atoms with Crippen LogP contribution in [0.3, 0.4) is 0 Å². The number of aliphatic hydroxyl groups excluding tert-OH is 1. The summed E-state index contributed by atoms with van der Waals surface area (Å²) >= 11 is 0. The van der Waals surface area contributed by atoms with E-state index in [-0.39, 0.29) is 17.6 Å². The molecular formula is C17H31NO2. The molecule has 2 aliphatic rings. The van der Waals surface area contributed by atoms with Crippen molar-refractivity contribution in [1.29, 1.82) is 0 Å². The first-order chi connectivity index (χ1) is 9.47. The van der Waals surface area contributed by atoms with Crippen molar-refractivity contribution in [2.45, 2.75) is 84.3 Å². The SMILES string of the molecule is CCC(C)(C)C(=O)N1CCCCC1C1CCCCC1O. The van der Waals surface area contributed by atoms with E-state index < -0.39 is 0 Å². The van der Waals surface area contributed by atoms with Crippen molar-refractivity contribution in [3.63, 3.8) is 0 Å². The number of piperidine rings is 1. The van der Waals surface area contributed by atoms with Crippen molar-refractivity contribution in [2.75, 3.05) is 6.54 Å². The maximum atomic E-state index is 12.9. The molecule has 0 aromatic carbocycles. The van der Waals surface area contributed by atoms with Crippen LogP contribution in [0.4, 0.5) is 0 Å². The Balaban J connectivity index is 2.14. The molecule has 2 rings (SSSR count). The third kappa shape index (κ3) is 3.19. The molecule has 1 aliphatic heterocycles. The molecule has 3 heteroatoms. The van der Waals surface area contributed by atoms with Gasteiger partial charge >= 0.3 is 0 Å². The number of hydrogen-bond donors (Lipinski definition) is 1. The lowest BCUT2D eigenvalue weighted by Crippen LogP contribution is -2.54. The predicted molar refractivity (Wildman–Crippen MR) is 81.4 cm³/mol. The first-order valence-electron chi connectivity index (χ1n) is 8.46. The first kappa shape index (κ1) is 15.8. The largest absolute Gasteiger partial charge is 0.393 e. The Labute approximate surface area is 123 Å². The maximum Gasteiger partial charge on any atom is 0.228 e. The smallest absolute Gasteiger partial charge is 0.228 e. The van der Waals surface area contributed by atoms with Gasteiger partial charge in [-0.2, -0.15) is 0 Å². The normalized spacial score (nSPS) is 32.2. The van der Waals surface area contributed by atoms with E-state index >= 15 is 0 Å². The summed E-state index contributed by atoms with van der Waals surface area (Å²) in [5.41, 5.74) is -0.269. The lowest BCUT2D eigenvalue weighted by Gasteiger charge is -2.46. The number of carbonyl (C=O) groups excluding carboxylic acids is 1. The Morgan fingerprint density at radius 2 is 1.80 bits per heavy atom. The molecule has 1 saturated carbocycles. The van der Waals surface area contributed by atoms with Gasteiger partial charge in [-0.05, 0) is 38.5 Å². The molecule has 0 spiro atoms. The lowest BCUT2D eigenvalue weighted by molar-refractivity contribution is -0.147. The molecule has 1 saturated heterocycles. The summed E-state index contributed by atoms with van der Waals surface area (Å²) in [5, 5.41) is 10.3. The van der Waals surface area contributed by atoms with Gasteiger partial charge in [0.15, 0.2) is 0 Å². The van der Waals surface area contributed by atoms with E-state index in [2.05, 4.69) is 25.7 Å². The predicted octanol–water partition coefficient (Wildman–Crippen LogP) is 3.35. The molecule has 3 atom stereocenters. The zero-order chi connectivity index (χ0) is 14.8. The summed E-state index contributed by atoms with van der Waals surface area (Å²) in [4.78, 5) is 15.0. The highest BCUT2D eigenvalue weighted by atomic mass is 16.3. The van der Waals surface area contributed by atoms with Gasteiger partial charge in [-0.15, -0.1) is 0 Å². The van der Waals surface area contributed by atoms with E-state index in [0.717, 1.165) is 45.1 Å². The molecular weight excluding hydrogens is 250 g/mol. The highest BCUT2D eigenvalue weighted by Gasteiger charge is 2.41. The Hall–Kier alpha value is -0.570. The summed E-state index contributed by atoms with van der Waals surface area (Å²) in [6, 6.07) is 0.275. The number of amides is 1. The molecule has 1 amide bonds. The molecule has 3 unspecified atom stereocenters. The average Bonchev–Trinajstić information content (AvgIpc) is 2.47. The molecule has 0 aromatic rings. The highest BCUT2D eigenvalue weighted by molar-refractivity contribution is 5.82. The molecule has 1 aliphatic carbocycles. The Kier molecular flexibility index (Phi) is 5.11. The van der Waals surface area contributed by atoms with Gasteiger partial charge in [0.05, 0.1) is 6.10 Å². The van der Waals surface area contributed by atoms with Gasteiger partial charge in [0.2, 0.25) is 5.91 Å². The minimum Gasteiger partial charge on any atom is -0.393 e. The number of nitrogens with zero attached hydrogens (tertiary/aromatic N) is 1. The topological polar surface area (TPSA) is 40.5 Å². The fourth-order valence-electron chi connectivity index (χ4n) is 3.78. The highest BCUT2D eigenvalue weighted by Crippen LogP contribution is 2.36. The molecule has 116 valence electrons. The van der Waals surface area contributed by atoms with Crippen molar-refractivity contribution in [1.82, 2.24) is 4.90 Å². The van der Waals surface area contributed by atoms with E-state index in [1.54, 1.807) is 0 Å². The summed E-state index contributed by atoms with van der Waals surface area (Å²) < 4.78 is 0. The van der Waals surface area contributed by atoms with Crippen LogP contribution in [0.15, 0.2) is 0 Å². The van der Waals surface area contributed by atoms with E-state index in [9.17, 15) is 9.90 Å². The van der Waals surface area contributed by atoms with Crippen LogP contribution in [0, 0.1) is 11.3 Å². The quantitative estimate of drug-likeness (QED) is 0.861. The van der Waals surface area contributed by atoms with Crippen LogP contribution in [-0.2, 0) is 4.79 Å². The molecule has 3 nitrogen and oxygen atoms in total. The zero-order valence-electron chi connectivity index (χ0n) is 13.4. The third-order valence-electron chi connectivity index (χ3n) is 5.55. The Morgan fingerprint density at radius 3 is 2.45 bits per heavy atom. The number of hydrogen-bond acceptors (Lipinski definition) is 2. The van der Waals surface area contributed by atoms with Crippen LogP contribution < -0.4 is 0 Å². The number of aliphatic hydroxyl groups is 1. The van der Waals surface area contributed by atoms with Crippen molar-refractivity contribution in [3.8, 4) is 0 Å². The van der Waals surface area contributed by atoms with E-state index in [1.807, 2.05) is 0 Å². The fraction of sp³-hybridized carbons (Fsp3) is 0.941. The molecule has 1 heterocycles. The van der Waals surface area contributed by atoms with Gasteiger partial charge in [0, 0.05) is 23.9 Å². The Bertz CT molecular complexity index is 340. The molecule has 0 radical (unpaired) electrons. The van der Waals surface area contributed by atoms with Gasteiger partial charge in [0.1, 0.15) is 0 Å². The van der Waals surface area contributed by atoms with Gasteiger partial charge in [-0.3, -0.25) is 4.79 Å². The summed E-state index contributed by atoms with van der Waals surface area (Å²) in [6.45, 7) is 7.08. The second kappa shape index (κ2) is 6.46. The fourth-order valence-corrected chi connectivity index (χ4v) is 3.78. The van der Waals surface area contributed by atoms with Crippen LogP contribution in [0.5, 0.6) is 0 Å². The molecule has 1 N–H and O–H groups in total. The minimum absolute atomic E-state index is 0.202. The standard InChI is InChI=1S/C17H31NO2/c1-4-17(2,3)16(20)18-12-8-7-10-14(18)13-9-5-6-11-15(13)19/h13-15,19H,4-12H2,1-3H3. The zero-order valence-corrected chi connectivity index (χ0v) is 13.4. The van der Waals surface area contributed by atoms with Crippen LogP contribution in [0.25, 0.3) is 0 Å². The summed E-state index contributed by atoms with van der Waals surface area (Å²) in [7, 11) is 0. The van der Waals surface area contributed by atoms with Crippen LogP contribution in [-0.4, -0.2) is 34.6 Å². The first-order valence-corrected chi connectivity index (χ1v) is 8.46. The molecule has 0 aromatic heterocycles. The second-order valence-electron chi connectivity index (χ2n) is 7.31. The van der Waals surface area contributed by atoms with Gasteiger partial charge in [0.25, 0.3) is 0 Å². The number of likely N-dealkylation sites (tertiary alicyclic amines) is 1. The van der Waals surface area contributed by atoms with Crippen LogP contribution >= 0.6 is 0 Å². The summed E-state index contributed by atoms with van der Waals surface area (Å²) in [5.74, 6) is 0.600. The van der Waals surface area contributed by atoms with Crippen LogP contribution in [0.1, 0.15) is 72.1 Å². The Morgan fingerprint density at radius 1 is 1.15 bits per heavy atom. The second-order valence-corrected chi connectivity index (χ2v) is 7.31. The number of rotatable bonds is 3. The van der Waals surface area contributed by atoms with Crippen molar-refractivity contribution in [3.05, 3.63) is 0 Å². The van der Waals surface area contributed by atoms with Crippen molar-refractivity contribution < 1.29 is 9.90 Å². The maximum absolute atomic E-state index is 12.9. The van der Waals surface area contributed by atoms with Crippen molar-refractivity contribution >= 4 is 5.91 Å². The lowest BCUT2D eigenvalue weighted by atomic mass is 9.76. The third-order valence-corrected chi connectivity index (χ3v) is 5.55. The average molecular weight is 281 g/mol. The molecule has 2 fully saturated rings. The monoisotopic (exact) mass is 281 g/mol. The number of carbonyl (C=O) groups is 1. The van der Waals surface area contributed by atoms with Gasteiger partial charge in [-0.25, -0.2) is 0 Å².